The van der Waals surface area contributed by atoms with Crippen molar-refractivity contribution in [3.05, 3.63) is 36.0 Å². The third-order valence-corrected chi connectivity index (χ3v) is 4.91. The van der Waals surface area contributed by atoms with Crippen molar-refractivity contribution in [3.8, 4) is 17.0 Å². The fourth-order valence-corrected chi connectivity index (χ4v) is 3.39. The number of anilines is 1. The Morgan fingerprint density at radius 3 is 2.34 bits per heavy atom. The number of piperidine rings is 1. The van der Waals surface area contributed by atoms with Gasteiger partial charge in [0.25, 0.3) is 0 Å². The number of rotatable bonds is 4. The molecule has 1 aromatic heterocycles. The van der Waals surface area contributed by atoms with Crippen molar-refractivity contribution in [2.24, 2.45) is 5.73 Å². The average Bonchev–Trinajstić information content (AvgIpc) is 2.61. The molecule has 0 amide bonds. The molecule has 0 bridgehead atoms. The van der Waals surface area contributed by atoms with Crippen molar-refractivity contribution >= 4 is 30.8 Å². The monoisotopic (exact) mass is 440 g/mol. The SMILES string of the molecule is CC(C)Oc1ccc(-c2ccnc(N3CCC(N)CC3)n2)cc1C(C)(C)C.Cl.Cl. The maximum Gasteiger partial charge on any atom is 0.225 e. The Hall–Kier alpha value is -1.56. The molecule has 3 rings (SSSR count). The van der Waals surface area contributed by atoms with Crippen LogP contribution in [0.25, 0.3) is 11.3 Å². The Labute approximate surface area is 187 Å². The van der Waals surface area contributed by atoms with E-state index in [4.69, 9.17) is 15.5 Å². The third kappa shape index (κ3) is 6.46. The second kappa shape index (κ2) is 10.5. The summed E-state index contributed by atoms with van der Waals surface area (Å²) in [6.07, 6.45) is 3.97. The van der Waals surface area contributed by atoms with Gasteiger partial charge < -0.3 is 15.4 Å². The van der Waals surface area contributed by atoms with Gasteiger partial charge >= 0.3 is 0 Å². The van der Waals surface area contributed by atoms with Crippen LogP contribution in [0.2, 0.25) is 0 Å². The third-order valence-electron chi connectivity index (χ3n) is 4.91. The van der Waals surface area contributed by atoms with Crippen molar-refractivity contribution < 1.29 is 4.74 Å². The second-order valence-corrected chi connectivity index (χ2v) is 8.69. The minimum Gasteiger partial charge on any atom is -0.491 e. The van der Waals surface area contributed by atoms with Gasteiger partial charge in [-0.05, 0) is 56.4 Å². The van der Waals surface area contributed by atoms with Crippen LogP contribution in [0.4, 0.5) is 5.95 Å². The minimum absolute atomic E-state index is 0. The van der Waals surface area contributed by atoms with Crippen molar-refractivity contribution in [3.63, 3.8) is 0 Å². The van der Waals surface area contributed by atoms with Crippen LogP contribution < -0.4 is 15.4 Å². The highest BCUT2D eigenvalue weighted by Gasteiger charge is 2.22. The maximum absolute atomic E-state index is 6.04. The largest absolute Gasteiger partial charge is 0.491 e. The smallest absolute Gasteiger partial charge is 0.225 e. The summed E-state index contributed by atoms with van der Waals surface area (Å²) in [6, 6.07) is 8.63. The number of nitrogens with two attached hydrogens (primary N) is 1. The van der Waals surface area contributed by atoms with Gasteiger partial charge in [-0.15, -0.1) is 24.8 Å². The molecule has 5 nitrogen and oxygen atoms in total. The van der Waals surface area contributed by atoms with Crippen molar-refractivity contribution in [2.75, 3.05) is 18.0 Å². The zero-order valence-corrected chi connectivity index (χ0v) is 19.6. The van der Waals surface area contributed by atoms with Crippen LogP contribution >= 0.6 is 24.8 Å². The number of ether oxygens (including phenoxy) is 1. The Morgan fingerprint density at radius 1 is 1.10 bits per heavy atom. The molecule has 1 aromatic carbocycles. The van der Waals surface area contributed by atoms with Crippen molar-refractivity contribution in [1.29, 1.82) is 0 Å². The zero-order valence-electron chi connectivity index (χ0n) is 18.0. The first kappa shape index (κ1) is 25.5. The molecule has 1 aliphatic rings. The van der Waals surface area contributed by atoms with Gasteiger partial charge in [-0.1, -0.05) is 20.8 Å². The molecule has 0 spiro atoms. The molecule has 2 aromatic rings. The van der Waals surface area contributed by atoms with Gasteiger partial charge in [-0.2, -0.15) is 0 Å². The molecular weight excluding hydrogens is 407 g/mol. The lowest BCUT2D eigenvalue weighted by Crippen LogP contribution is -2.40. The van der Waals surface area contributed by atoms with Crippen LogP contribution in [0.5, 0.6) is 5.75 Å². The second-order valence-electron chi connectivity index (χ2n) is 8.69. The van der Waals surface area contributed by atoms with E-state index in [0.717, 1.165) is 48.9 Å². The first-order chi connectivity index (χ1) is 12.7. The molecule has 2 heterocycles. The molecule has 0 saturated carbocycles. The van der Waals surface area contributed by atoms with E-state index in [9.17, 15) is 0 Å². The van der Waals surface area contributed by atoms with Gasteiger partial charge in [0, 0.05) is 36.5 Å². The average molecular weight is 441 g/mol. The lowest BCUT2D eigenvalue weighted by Gasteiger charge is -2.30. The molecule has 1 fully saturated rings. The van der Waals surface area contributed by atoms with Gasteiger partial charge in [0.15, 0.2) is 0 Å². The highest BCUT2D eigenvalue weighted by Crippen LogP contribution is 2.35. The van der Waals surface area contributed by atoms with Crippen LogP contribution in [0.15, 0.2) is 30.5 Å². The van der Waals surface area contributed by atoms with E-state index in [1.165, 1.54) is 5.56 Å². The Morgan fingerprint density at radius 2 is 1.76 bits per heavy atom. The van der Waals surface area contributed by atoms with Gasteiger partial charge in [0.1, 0.15) is 5.75 Å². The summed E-state index contributed by atoms with van der Waals surface area (Å²) < 4.78 is 6.04. The van der Waals surface area contributed by atoms with Crippen LogP contribution in [0, 0.1) is 0 Å². The summed E-state index contributed by atoms with van der Waals surface area (Å²) in [7, 11) is 0. The first-order valence-corrected chi connectivity index (χ1v) is 9.89. The number of halogens is 2. The van der Waals surface area contributed by atoms with Crippen LogP contribution in [0.3, 0.4) is 0 Å². The summed E-state index contributed by atoms with van der Waals surface area (Å²) in [5, 5.41) is 0. The van der Waals surface area contributed by atoms with E-state index in [1.807, 2.05) is 12.3 Å². The highest BCUT2D eigenvalue weighted by molar-refractivity contribution is 5.85. The van der Waals surface area contributed by atoms with E-state index in [1.54, 1.807) is 0 Å². The fraction of sp³-hybridized carbons (Fsp3) is 0.545. The van der Waals surface area contributed by atoms with E-state index >= 15 is 0 Å². The predicted molar refractivity (Wildman–Crippen MR) is 126 cm³/mol. The summed E-state index contributed by atoms with van der Waals surface area (Å²) in [5.41, 5.74) is 9.23. The summed E-state index contributed by atoms with van der Waals surface area (Å²) in [4.78, 5) is 11.6. The molecule has 2 N–H and O–H groups in total. The lowest BCUT2D eigenvalue weighted by molar-refractivity contribution is 0.236. The number of hydrogen-bond donors (Lipinski definition) is 1. The number of nitrogens with zero attached hydrogens (tertiary/aromatic N) is 3. The van der Waals surface area contributed by atoms with Crippen molar-refractivity contribution in [2.45, 2.75) is 65.0 Å². The number of aromatic nitrogens is 2. The first-order valence-electron chi connectivity index (χ1n) is 9.89. The van der Waals surface area contributed by atoms with E-state index in [2.05, 4.69) is 62.7 Å². The maximum atomic E-state index is 6.04. The Balaban J connectivity index is 0.00000210. The normalized spacial score (nSPS) is 14.9. The molecule has 1 aliphatic heterocycles. The zero-order chi connectivity index (χ0) is 19.6. The van der Waals surface area contributed by atoms with E-state index in [-0.39, 0.29) is 36.3 Å². The van der Waals surface area contributed by atoms with E-state index < -0.39 is 0 Å². The van der Waals surface area contributed by atoms with Crippen LogP contribution in [-0.4, -0.2) is 35.2 Å². The van der Waals surface area contributed by atoms with Crippen LogP contribution in [0.1, 0.15) is 53.0 Å². The van der Waals surface area contributed by atoms with Gasteiger partial charge in [-0.3, -0.25) is 0 Å². The molecule has 0 aliphatic carbocycles. The van der Waals surface area contributed by atoms with Crippen molar-refractivity contribution in [1.82, 2.24) is 9.97 Å². The lowest BCUT2D eigenvalue weighted by atomic mass is 9.85. The molecule has 0 unspecified atom stereocenters. The fourth-order valence-electron chi connectivity index (χ4n) is 3.39. The van der Waals surface area contributed by atoms with Crippen LogP contribution in [-0.2, 0) is 5.41 Å². The molecule has 0 atom stereocenters. The summed E-state index contributed by atoms with van der Waals surface area (Å²) >= 11 is 0. The molecule has 29 heavy (non-hydrogen) atoms. The topological polar surface area (TPSA) is 64.3 Å². The molecule has 1 saturated heterocycles. The Kier molecular flexibility index (Phi) is 9.19. The highest BCUT2D eigenvalue weighted by atomic mass is 35.5. The minimum atomic E-state index is -0.0148. The summed E-state index contributed by atoms with van der Waals surface area (Å²) in [6.45, 7) is 12.6. The predicted octanol–water partition coefficient (Wildman–Crippen LogP) is 5.00. The summed E-state index contributed by atoms with van der Waals surface area (Å²) in [5.74, 6) is 1.74. The standard InChI is InChI=1S/C22H32N4O.2ClH/c1-15(2)27-20-7-6-16(14-18(20)22(3,4)5)19-8-11-24-21(25-19)26-12-9-17(23)10-13-26;;/h6-8,11,14-15,17H,9-10,12-13,23H2,1-5H3;2*1H. The van der Waals surface area contributed by atoms with Gasteiger partial charge in [-0.25, -0.2) is 9.97 Å². The van der Waals surface area contributed by atoms with Gasteiger partial charge in [0.2, 0.25) is 5.95 Å². The molecule has 162 valence electrons. The molecular formula is C22H34Cl2N4O. The molecule has 0 radical (unpaired) electrons. The number of hydrogen-bond acceptors (Lipinski definition) is 5. The Bertz CT molecular complexity index is 785. The quantitative estimate of drug-likeness (QED) is 0.724. The van der Waals surface area contributed by atoms with Gasteiger partial charge in [0.05, 0.1) is 11.8 Å². The van der Waals surface area contributed by atoms with E-state index in [0.29, 0.717) is 6.04 Å². The number of benzene rings is 1. The molecule has 7 heteroatoms.